The summed E-state index contributed by atoms with van der Waals surface area (Å²) in [4.78, 5) is 24.7. The molecule has 5 nitrogen and oxygen atoms in total. The summed E-state index contributed by atoms with van der Waals surface area (Å²) in [5.74, 6) is 0.370. The number of carbonyl (C=O) groups is 2. The number of aliphatic carboxylic acids is 1. The number of nitrogens with one attached hydrogen (secondary N) is 1. The maximum absolute atomic E-state index is 12.2. The second kappa shape index (κ2) is 4.63. The molecule has 0 spiro atoms. The molecule has 0 aromatic carbocycles. The fourth-order valence-electron chi connectivity index (χ4n) is 2.22. The van der Waals surface area contributed by atoms with Gasteiger partial charge in [0.25, 0.3) is 0 Å². The molecule has 0 bridgehead atoms. The van der Waals surface area contributed by atoms with E-state index in [-0.39, 0.29) is 11.8 Å². The van der Waals surface area contributed by atoms with Gasteiger partial charge in [-0.3, -0.25) is 4.79 Å². The lowest BCUT2D eigenvalue weighted by molar-refractivity contribution is -0.149. The number of thioether (sulfide) groups is 1. The smallest absolute Gasteiger partial charge is 0.327 e. The third kappa shape index (κ3) is 2.04. The van der Waals surface area contributed by atoms with Crippen molar-refractivity contribution in [1.82, 2.24) is 10.2 Å². The molecule has 2 saturated heterocycles. The molecule has 3 atom stereocenters. The maximum atomic E-state index is 12.2. The minimum Gasteiger partial charge on any atom is -0.480 e. The summed E-state index contributed by atoms with van der Waals surface area (Å²) >= 11 is 1.51. The highest BCUT2D eigenvalue weighted by molar-refractivity contribution is 7.99. The first-order valence-electron chi connectivity index (χ1n) is 5.43. The molecule has 16 heavy (non-hydrogen) atoms. The second-order valence-electron chi connectivity index (χ2n) is 4.40. The normalized spacial score (nSPS) is 34.3. The molecule has 6 heteroatoms. The highest BCUT2D eigenvalue weighted by Gasteiger charge is 2.40. The first-order valence-corrected chi connectivity index (χ1v) is 6.58. The Morgan fingerprint density at radius 1 is 1.44 bits per heavy atom. The third-order valence-electron chi connectivity index (χ3n) is 3.29. The van der Waals surface area contributed by atoms with Gasteiger partial charge in [0.2, 0.25) is 5.91 Å². The van der Waals surface area contributed by atoms with E-state index >= 15 is 0 Å². The number of amides is 1. The van der Waals surface area contributed by atoms with Crippen molar-refractivity contribution < 1.29 is 14.7 Å². The number of nitrogens with zero attached hydrogens (tertiary/aromatic N) is 1. The molecule has 2 fully saturated rings. The van der Waals surface area contributed by atoms with Crippen LogP contribution in [0.4, 0.5) is 0 Å². The molecule has 90 valence electrons. The molecule has 1 amide bonds. The van der Waals surface area contributed by atoms with Gasteiger partial charge in [-0.05, 0) is 12.5 Å². The van der Waals surface area contributed by atoms with Crippen LogP contribution in [-0.2, 0) is 9.59 Å². The molecular weight excluding hydrogens is 228 g/mol. The number of rotatable bonds is 2. The van der Waals surface area contributed by atoms with Crippen LogP contribution in [0.1, 0.15) is 6.92 Å². The molecular formula is C10H16N2O3S. The van der Waals surface area contributed by atoms with Crippen molar-refractivity contribution >= 4 is 23.6 Å². The van der Waals surface area contributed by atoms with Gasteiger partial charge < -0.3 is 15.3 Å². The van der Waals surface area contributed by atoms with Gasteiger partial charge in [-0.1, -0.05) is 6.92 Å². The van der Waals surface area contributed by atoms with E-state index in [0.29, 0.717) is 24.1 Å². The lowest BCUT2D eigenvalue weighted by Gasteiger charge is -2.25. The zero-order valence-electron chi connectivity index (χ0n) is 9.18. The van der Waals surface area contributed by atoms with E-state index in [1.54, 1.807) is 0 Å². The molecule has 2 rings (SSSR count). The van der Waals surface area contributed by atoms with Crippen molar-refractivity contribution in [3.63, 3.8) is 0 Å². The quantitative estimate of drug-likeness (QED) is 0.705. The summed E-state index contributed by atoms with van der Waals surface area (Å²) < 4.78 is 0. The van der Waals surface area contributed by atoms with E-state index in [1.807, 2.05) is 6.92 Å². The minimum atomic E-state index is -0.892. The Hall–Kier alpha value is -0.750. The molecule has 0 aromatic heterocycles. The summed E-state index contributed by atoms with van der Waals surface area (Å²) in [5.41, 5.74) is 0. The average molecular weight is 244 g/mol. The standard InChI is InChI=1S/C10H16N2O3S/c1-6-2-11-3-7(6)9(13)12-5-16-4-8(12)10(14)15/h6-8,11H,2-5H2,1H3,(H,14,15)/t6?,7?,8-/m0/s1. The van der Waals surface area contributed by atoms with E-state index in [2.05, 4.69) is 5.32 Å². The van der Waals surface area contributed by atoms with Gasteiger partial charge in [-0.2, -0.15) is 0 Å². The molecule has 2 heterocycles. The molecule has 0 aliphatic carbocycles. The third-order valence-corrected chi connectivity index (χ3v) is 4.30. The highest BCUT2D eigenvalue weighted by Crippen LogP contribution is 2.26. The SMILES string of the molecule is CC1CNCC1C(=O)N1CSC[C@H]1C(=O)O. The van der Waals surface area contributed by atoms with Crippen molar-refractivity contribution in [3.8, 4) is 0 Å². The Kier molecular flexibility index (Phi) is 3.39. The van der Waals surface area contributed by atoms with E-state index in [0.717, 1.165) is 6.54 Å². The van der Waals surface area contributed by atoms with Gasteiger partial charge in [-0.25, -0.2) is 4.79 Å². The van der Waals surface area contributed by atoms with Crippen LogP contribution < -0.4 is 5.32 Å². The second-order valence-corrected chi connectivity index (χ2v) is 5.40. The lowest BCUT2D eigenvalue weighted by Crippen LogP contribution is -2.46. The Labute approximate surface area is 98.6 Å². The first kappa shape index (κ1) is 11.7. The zero-order valence-corrected chi connectivity index (χ0v) is 10.00. The van der Waals surface area contributed by atoms with Crippen LogP contribution in [0.25, 0.3) is 0 Å². The monoisotopic (exact) mass is 244 g/mol. The van der Waals surface area contributed by atoms with Crippen LogP contribution in [-0.4, -0.2) is 52.6 Å². The van der Waals surface area contributed by atoms with Crippen LogP contribution in [0.3, 0.4) is 0 Å². The lowest BCUT2D eigenvalue weighted by atomic mass is 9.96. The zero-order chi connectivity index (χ0) is 11.7. The maximum Gasteiger partial charge on any atom is 0.327 e. The Balaban J connectivity index is 2.06. The average Bonchev–Trinajstić information content (AvgIpc) is 2.84. The van der Waals surface area contributed by atoms with Crippen LogP contribution in [0.15, 0.2) is 0 Å². The van der Waals surface area contributed by atoms with E-state index in [1.165, 1.54) is 16.7 Å². The largest absolute Gasteiger partial charge is 0.480 e. The van der Waals surface area contributed by atoms with Gasteiger partial charge in [0.05, 0.1) is 11.8 Å². The van der Waals surface area contributed by atoms with Crippen LogP contribution in [0, 0.1) is 11.8 Å². The number of carboxylic acid groups (broad SMARTS) is 1. The number of hydrogen-bond acceptors (Lipinski definition) is 4. The molecule has 0 aromatic rings. The predicted octanol–water partition coefficient (Wildman–Crippen LogP) is -0.172. The minimum absolute atomic E-state index is 0.00472. The Morgan fingerprint density at radius 3 is 2.75 bits per heavy atom. The number of hydrogen-bond donors (Lipinski definition) is 2. The van der Waals surface area contributed by atoms with Crippen LogP contribution >= 0.6 is 11.8 Å². The van der Waals surface area contributed by atoms with E-state index in [4.69, 9.17) is 5.11 Å². The summed E-state index contributed by atoms with van der Waals surface area (Å²) in [7, 11) is 0. The Bertz CT molecular complexity index is 310. The molecule has 2 aliphatic heterocycles. The first-order chi connectivity index (χ1) is 7.61. The van der Waals surface area contributed by atoms with Gasteiger partial charge in [0.1, 0.15) is 6.04 Å². The van der Waals surface area contributed by atoms with Gasteiger partial charge >= 0.3 is 5.97 Å². The molecule has 0 radical (unpaired) electrons. The van der Waals surface area contributed by atoms with Crippen molar-refractivity contribution in [3.05, 3.63) is 0 Å². The van der Waals surface area contributed by atoms with Gasteiger partial charge in [0.15, 0.2) is 0 Å². The van der Waals surface area contributed by atoms with E-state index < -0.39 is 12.0 Å². The van der Waals surface area contributed by atoms with Crippen LogP contribution in [0.5, 0.6) is 0 Å². The fourth-order valence-corrected chi connectivity index (χ4v) is 3.37. The van der Waals surface area contributed by atoms with Crippen molar-refractivity contribution in [2.45, 2.75) is 13.0 Å². The molecule has 0 saturated carbocycles. The summed E-state index contributed by atoms with van der Waals surface area (Å²) in [6.45, 7) is 3.55. The van der Waals surface area contributed by atoms with Gasteiger partial charge in [0, 0.05) is 12.3 Å². The number of carbonyl (C=O) groups excluding carboxylic acids is 1. The van der Waals surface area contributed by atoms with Crippen molar-refractivity contribution in [2.75, 3.05) is 24.7 Å². The van der Waals surface area contributed by atoms with Crippen molar-refractivity contribution in [2.24, 2.45) is 11.8 Å². The molecule has 2 aliphatic rings. The fraction of sp³-hybridized carbons (Fsp3) is 0.800. The van der Waals surface area contributed by atoms with Crippen LogP contribution in [0.2, 0.25) is 0 Å². The highest BCUT2D eigenvalue weighted by atomic mass is 32.2. The summed E-state index contributed by atoms with van der Waals surface area (Å²) in [6, 6.07) is -0.634. The predicted molar refractivity (Wildman–Crippen MR) is 61.1 cm³/mol. The molecule has 2 unspecified atom stereocenters. The van der Waals surface area contributed by atoms with Crippen molar-refractivity contribution in [1.29, 1.82) is 0 Å². The topological polar surface area (TPSA) is 69.6 Å². The van der Waals surface area contributed by atoms with Gasteiger partial charge in [-0.15, -0.1) is 11.8 Å². The molecule has 2 N–H and O–H groups in total. The van der Waals surface area contributed by atoms with E-state index in [9.17, 15) is 9.59 Å². The number of carboxylic acids is 1. The summed E-state index contributed by atoms with van der Waals surface area (Å²) in [5, 5.41) is 12.2. The summed E-state index contributed by atoms with van der Waals surface area (Å²) in [6.07, 6.45) is 0. The Morgan fingerprint density at radius 2 is 2.19 bits per heavy atom.